The first-order chi connectivity index (χ1) is 12.5. The Bertz CT molecular complexity index is 781. The number of thioether (sulfide) groups is 1. The first kappa shape index (κ1) is 18.5. The largest absolute Gasteiger partial charge is 0.459 e. The molecule has 0 saturated carbocycles. The van der Waals surface area contributed by atoms with Crippen LogP contribution in [-0.2, 0) is 4.79 Å². The molecule has 7 heteroatoms. The predicted octanol–water partition coefficient (Wildman–Crippen LogP) is 3.54. The van der Waals surface area contributed by atoms with Crippen LogP contribution in [-0.4, -0.2) is 46.5 Å². The van der Waals surface area contributed by atoms with Crippen LogP contribution in [0.15, 0.2) is 47.1 Å². The number of carbonyl (C=O) groups excluding carboxylic acids is 2. The van der Waals surface area contributed by atoms with Gasteiger partial charge in [0.1, 0.15) is 11.2 Å². The van der Waals surface area contributed by atoms with Crippen molar-refractivity contribution in [3.8, 4) is 0 Å². The van der Waals surface area contributed by atoms with Crippen molar-refractivity contribution in [1.29, 1.82) is 0 Å². The third-order valence-electron chi connectivity index (χ3n) is 4.43. The highest BCUT2D eigenvalue weighted by molar-refractivity contribution is 8.01. The number of hydrogen-bond acceptors (Lipinski definition) is 4. The topological polar surface area (TPSA) is 53.8 Å². The lowest BCUT2D eigenvalue weighted by Gasteiger charge is -2.28. The average molecular weight is 376 g/mol. The molecule has 0 spiro atoms. The summed E-state index contributed by atoms with van der Waals surface area (Å²) in [5.74, 6) is -0.305. The lowest BCUT2D eigenvalue weighted by Crippen LogP contribution is -2.40. The highest BCUT2D eigenvalue weighted by Crippen LogP contribution is 2.43. The van der Waals surface area contributed by atoms with Crippen LogP contribution in [0.3, 0.4) is 0 Å². The molecule has 2 atom stereocenters. The summed E-state index contributed by atoms with van der Waals surface area (Å²) in [6.07, 6.45) is 1.46. The van der Waals surface area contributed by atoms with Crippen molar-refractivity contribution in [1.82, 2.24) is 9.80 Å². The monoisotopic (exact) mass is 376 g/mol. The SMILES string of the molecule is CCN(CCN1C(=O)[C@@H](C)S[C@H]1c1ccccc1F)C(=O)c1ccco1. The molecule has 1 aliphatic heterocycles. The summed E-state index contributed by atoms with van der Waals surface area (Å²) < 4.78 is 19.4. The Labute approximate surface area is 156 Å². The molecule has 2 heterocycles. The second kappa shape index (κ2) is 7.95. The number of nitrogens with zero attached hydrogens (tertiary/aromatic N) is 2. The third-order valence-corrected chi connectivity index (χ3v) is 5.81. The molecule has 3 rings (SSSR count). The van der Waals surface area contributed by atoms with Gasteiger partial charge in [-0.2, -0.15) is 0 Å². The molecule has 1 aliphatic rings. The van der Waals surface area contributed by atoms with Crippen molar-refractivity contribution in [2.24, 2.45) is 0 Å². The van der Waals surface area contributed by atoms with Crippen LogP contribution in [0.25, 0.3) is 0 Å². The number of furan rings is 1. The minimum absolute atomic E-state index is 0.0373. The maximum Gasteiger partial charge on any atom is 0.289 e. The van der Waals surface area contributed by atoms with Crippen molar-refractivity contribution in [2.75, 3.05) is 19.6 Å². The molecule has 1 saturated heterocycles. The number of halogens is 1. The van der Waals surface area contributed by atoms with Gasteiger partial charge in [-0.15, -0.1) is 11.8 Å². The lowest BCUT2D eigenvalue weighted by atomic mass is 10.2. The quantitative estimate of drug-likeness (QED) is 0.774. The molecule has 2 amide bonds. The van der Waals surface area contributed by atoms with Gasteiger partial charge in [0.15, 0.2) is 5.76 Å². The molecular weight excluding hydrogens is 355 g/mol. The summed E-state index contributed by atoms with van der Waals surface area (Å²) in [5.41, 5.74) is 0.496. The van der Waals surface area contributed by atoms with Gasteiger partial charge < -0.3 is 14.2 Å². The summed E-state index contributed by atoms with van der Waals surface area (Å²) in [7, 11) is 0. The fourth-order valence-corrected chi connectivity index (χ4v) is 4.34. The van der Waals surface area contributed by atoms with E-state index in [9.17, 15) is 14.0 Å². The lowest BCUT2D eigenvalue weighted by molar-refractivity contribution is -0.130. The van der Waals surface area contributed by atoms with Crippen LogP contribution in [0.5, 0.6) is 0 Å². The minimum Gasteiger partial charge on any atom is -0.459 e. The van der Waals surface area contributed by atoms with Crippen molar-refractivity contribution in [3.05, 3.63) is 59.8 Å². The number of carbonyl (C=O) groups is 2. The zero-order chi connectivity index (χ0) is 18.7. The maximum absolute atomic E-state index is 14.2. The van der Waals surface area contributed by atoms with Gasteiger partial charge in [0.05, 0.1) is 11.5 Å². The average Bonchev–Trinajstić information content (AvgIpc) is 3.26. The Morgan fingerprint density at radius 2 is 2.08 bits per heavy atom. The maximum atomic E-state index is 14.2. The Hall–Kier alpha value is -2.28. The van der Waals surface area contributed by atoms with E-state index in [1.807, 2.05) is 13.8 Å². The number of rotatable bonds is 6. The van der Waals surface area contributed by atoms with E-state index in [0.29, 0.717) is 25.2 Å². The molecule has 1 fully saturated rings. The number of amides is 2. The Kier molecular flexibility index (Phi) is 5.66. The zero-order valence-corrected chi connectivity index (χ0v) is 15.5. The summed E-state index contributed by atoms with van der Waals surface area (Å²) >= 11 is 1.43. The summed E-state index contributed by atoms with van der Waals surface area (Å²) in [6, 6.07) is 9.79. The van der Waals surface area contributed by atoms with Crippen molar-refractivity contribution < 1.29 is 18.4 Å². The van der Waals surface area contributed by atoms with Crippen molar-refractivity contribution in [2.45, 2.75) is 24.5 Å². The van der Waals surface area contributed by atoms with Gasteiger partial charge in [0.25, 0.3) is 5.91 Å². The number of likely N-dealkylation sites (N-methyl/N-ethyl adjacent to an activating group) is 1. The standard InChI is InChI=1S/C19H21FN2O3S/c1-3-21(18(24)16-9-6-12-25-16)10-11-22-17(23)13(2)26-19(22)14-7-4-5-8-15(14)20/h4-9,12-13,19H,3,10-11H2,1-2H3/t13-,19+/m1/s1. The molecule has 0 N–H and O–H groups in total. The van der Waals surface area contributed by atoms with Gasteiger partial charge in [-0.1, -0.05) is 18.2 Å². The van der Waals surface area contributed by atoms with Gasteiger partial charge in [0.2, 0.25) is 5.91 Å². The van der Waals surface area contributed by atoms with E-state index in [-0.39, 0.29) is 34.0 Å². The smallest absolute Gasteiger partial charge is 0.289 e. The Morgan fingerprint density at radius 1 is 1.31 bits per heavy atom. The minimum atomic E-state index is -0.379. The zero-order valence-electron chi connectivity index (χ0n) is 14.7. The molecule has 1 aromatic heterocycles. The van der Waals surface area contributed by atoms with E-state index in [1.165, 1.54) is 24.1 Å². The molecule has 5 nitrogen and oxygen atoms in total. The summed E-state index contributed by atoms with van der Waals surface area (Å²) in [4.78, 5) is 28.3. The second-order valence-electron chi connectivity index (χ2n) is 6.05. The molecule has 0 bridgehead atoms. The first-order valence-electron chi connectivity index (χ1n) is 8.56. The van der Waals surface area contributed by atoms with Crippen molar-refractivity contribution >= 4 is 23.6 Å². The molecule has 0 radical (unpaired) electrons. The van der Waals surface area contributed by atoms with Crippen LogP contribution in [0.4, 0.5) is 4.39 Å². The number of hydrogen-bond donors (Lipinski definition) is 0. The van der Waals surface area contributed by atoms with Crippen molar-refractivity contribution in [3.63, 3.8) is 0 Å². The van der Waals surface area contributed by atoms with Gasteiger partial charge in [-0.3, -0.25) is 9.59 Å². The molecule has 0 unspecified atom stereocenters. The third kappa shape index (κ3) is 3.62. The van der Waals surface area contributed by atoms with Crippen LogP contribution in [0.2, 0.25) is 0 Å². The number of benzene rings is 1. The second-order valence-corrected chi connectivity index (χ2v) is 7.47. The van der Waals surface area contributed by atoms with Gasteiger partial charge >= 0.3 is 0 Å². The Balaban J connectivity index is 1.74. The van der Waals surface area contributed by atoms with E-state index < -0.39 is 0 Å². The highest BCUT2D eigenvalue weighted by Gasteiger charge is 2.39. The highest BCUT2D eigenvalue weighted by atomic mass is 32.2. The Morgan fingerprint density at radius 3 is 2.73 bits per heavy atom. The predicted molar refractivity (Wildman–Crippen MR) is 98.2 cm³/mol. The fraction of sp³-hybridized carbons (Fsp3) is 0.368. The van der Waals surface area contributed by atoms with E-state index >= 15 is 0 Å². The van der Waals surface area contributed by atoms with E-state index in [0.717, 1.165) is 0 Å². The van der Waals surface area contributed by atoms with Gasteiger partial charge in [0, 0.05) is 25.2 Å². The summed E-state index contributed by atoms with van der Waals surface area (Å²) in [5, 5.41) is -0.619. The molecule has 1 aromatic carbocycles. The van der Waals surface area contributed by atoms with Crippen LogP contribution in [0, 0.1) is 5.82 Å². The van der Waals surface area contributed by atoms with Crippen LogP contribution >= 0.6 is 11.8 Å². The van der Waals surface area contributed by atoms with E-state index in [4.69, 9.17) is 4.42 Å². The van der Waals surface area contributed by atoms with E-state index in [2.05, 4.69) is 0 Å². The van der Waals surface area contributed by atoms with Crippen LogP contribution < -0.4 is 0 Å². The molecule has 138 valence electrons. The van der Waals surface area contributed by atoms with E-state index in [1.54, 1.807) is 40.1 Å². The van der Waals surface area contributed by atoms with Gasteiger partial charge in [-0.25, -0.2) is 4.39 Å². The fourth-order valence-electron chi connectivity index (χ4n) is 3.01. The normalized spacial score (nSPS) is 19.8. The molecule has 0 aliphatic carbocycles. The van der Waals surface area contributed by atoms with Crippen LogP contribution in [0.1, 0.15) is 35.3 Å². The molecular formula is C19H21FN2O3S. The molecule has 26 heavy (non-hydrogen) atoms. The summed E-state index contributed by atoms with van der Waals surface area (Å²) in [6.45, 7) is 4.90. The van der Waals surface area contributed by atoms with Gasteiger partial charge in [-0.05, 0) is 32.0 Å². The molecule has 2 aromatic rings. The first-order valence-corrected chi connectivity index (χ1v) is 9.50.